The fourth-order valence-electron chi connectivity index (χ4n) is 2.11. The first kappa shape index (κ1) is 13.8. The van der Waals surface area contributed by atoms with Crippen LogP contribution >= 0.6 is 0 Å². The van der Waals surface area contributed by atoms with E-state index in [4.69, 9.17) is 15.2 Å². The number of hydrogen-bond donors (Lipinski definition) is 2. The molecule has 0 aliphatic carbocycles. The number of carbonyl (C=O) groups is 1. The second-order valence-corrected chi connectivity index (χ2v) is 4.75. The molecule has 1 aliphatic heterocycles. The Morgan fingerprint density at radius 2 is 2.21 bits per heavy atom. The SMILES string of the molecule is CC1OCCC1NCc1ccc(OCC(N)=O)cc1. The van der Waals surface area contributed by atoms with Crippen molar-refractivity contribution in [3.8, 4) is 5.75 Å². The highest BCUT2D eigenvalue weighted by Gasteiger charge is 2.23. The Kier molecular flexibility index (Phi) is 4.76. The van der Waals surface area contributed by atoms with Crippen molar-refractivity contribution in [1.82, 2.24) is 5.32 Å². The van der Waals surface area contributed by atoms with Crippen LogP contribution < -0.4 is 15.8 Å². The molecule has 3 N–H and O–H groups in total. The van der Waals surface area contributed by atoms with Gasteiger partial charge in [-0.2, -0.15) is 0 Å². The van der Waals surface area contributed by atoms with Crippen LogP contribution in [0.2, 0.25) is 0 Å². The molecule has 0 saturated carbocycles. The standard InChI is InChI=1S/C14H20N2O3/c1-10-13(6-7-18-10)16-8-11-2-4-12(5-3-11)19-9-14(15)17/h2-5,10,13,16H,6-9H2,1H3,(H2,15,17). The van der Waals surface area contributed by atoms with Gasteiger partial charge in [-0.25, -0.2) is 0 Å². The van der Waals surface area contributed by atoms with Gasteiger partial charge < -0.3 is 20.5 Å². The molecule has 5 heteroatoms. The summed E-state index contributed by atoms with van der Waals surface area (Å²) in [5, 5.41) is 3.48. The molecular formula is C14H20N2O3. The van der Waals surface area contributed by atoms with E-state index in [2.05, 4.69) is 12.2 Å². The first-order valence-corrected chi connectivity index (χ1v) is 6.50. The van der Waals surface area contributed by atoms with Crippen molar-refractivity contribution in [2.45, 2.75) is 32.0 Å². The molecule has 2 rings (SSSR count). The summed E-state index contributed by atoms with van der Waals surface area (Å²) in [6.07, 6.45) is 1.33. The summed E-state index contributed by atoms with van der Waals surface area (Å²) in [5.74, 6) is 0.182. The van der Waals surface area contributed by atoms with E-state index in [1.54, 1.807) is 0 Å². The van der Waals surface area contributed by atoms with Gasteiger partial charge in [0.1, 0.15) is 5.75 Å². The first-order valence-electron chi connectivity index (χ1n) is 6.50. The second kappa shape index (κ2) is 6.54. The van der Waals surface area contributed by atoms with E-state index >= 15 is 0 Å². The summed E-state index contributed by atoms with van der Waals surface area (Å²) in [5.41, 5.74) is 6.19. The molecular weight excluding hydrogens is 244 g/mol. The summed E-state index contributed by atoms with van der Waals surface area (Å²) in [6.45, 7) is 3.63. The zero-order valence-electron chi connectivity index (χ0n) is 11.1. The molecule has 2 atom stereocenters. The van der Waals surface area contributed by atoms with E-state index < -0.39 is 5.91 Å². The third kappa shape index (κ3) is 4.22. The van der Waals surface area contributed by atoms with Crippen LogP contribution in [0.5, 0.6) is 5.75 Å². The fourth-order valence-corrected chi connectivity index (χ4v) is 2.11. The molecule has 2 unspecified atom stereocenters. The topological polar surface area (TPSA) is 73.6 Å². The van der Waals surface area contributed by atoms with Crippen LogP contribution in [-0.2, 0) is 16.1 Å². The number of ether oxygens (including phenoxy) is 2. The average molecular weight is 264 g/mol. The number of rotatable bonds is 6. The minimum absolute atomic E-state index is 0.0888. The van der Waals surface area contributed by atoms with Crippen molar-refractivity contribution >= 4 is 5.91 Å². The van der Waals surface area contributed by atoms with Gasteiger partial charge in [0, 0.05) is 19.2 Å². The fraction of sp³-hybridized carbons (Fsp3) is 0.500. The normalized spacial score (nSPS) is 22.4. The van der Waals surface area contributed by atoms with E-state index in [0.717, 1.165) is 19.6 Å². The lowest BCUT2D eigenvalue weighted by Gasteiger charge is -2.16. The highest BCUT2D eigenvalue weighted by atomic mass is 16.5. The Bertz CT molecular complexity index is 419. The van der Waals surface area contributed by atoms with Crippen molar-refractivity contribution in [2.75, 3.05) is 13.2 Å². The Labute approximate surface area is 113 Å². The zero-order chi connectivity index (χ0) is 13.7. The van der Waals surface area contributed by atoms with Crippen LogP contribution in [0.1, 0.15) is 18.9 Å². The predicted octanol–water partition coefficient (Wildman–Crippen LogP) is 0.818. The van der Waals surface area contributed by atoms with E-state index in [-0.39, 0.29) is 12.7 Å². The largest absolute Gasteiger partial charge is 0.484 e. The summed E-state index contributed by atoms with van der Waals surface area (Å²) >= 11 is 0. The molecule has 0 aromatic heterocycles. The maximum Gasteiger partial charge on any atom is 0.255 e. The van der Waals surface area contributed by atoms with Crippen molar-refractivity contribution in [2.24, 2.45) is 5.73 Å². The van der Waals surface area contributed by atoms with Crippen molar-refractivity contribution in [3.63, 3.8) is 0 Å². The molecule has 1 fully saturated rings. The lowest BCUT2D eigenvalue weighted by atomic mass is 10.1. The summed E-state index contributed by atoms with van der Waals surface area (Å²) in [6, 6.07) is 8.06. The minimum atomic E-state index is -0.471. The van der Waals surface area contributed by atoms with Crippen LogP contribution in [0.3, 0.4) is 0 Å². The lowest BCUT2D eigenvalue weighted by molar-refractivity contribution is -0.119. The van der Waals surface area contributed by atoms with E-state index in [0.29, 0.717) is 11.8 Å². The molecule has 1 heterocycles. The van der Waals surface area contributed by atoms with E-state index in [1.165, 1.54) is 5.56 Å². The molecule has 1 saturated heterocycles. The Morgan fingerprint density at radius 1 is 1.47 bits per heavy atom. The highest BCUT2D eigenvalue weighted by Crippen LogP contribution is 2.15. The zero-order valence-corrected chi connectivity index (χ0v) is 11.1. The van der Waals surface area contributed by atoms with Gasteiger partial charge in [0.2, 0.25) is 0 Å². The van der Waals surface area contributed by atoms with Gasteiger partial charge in [0.25, 0.3) is 5.91 Å². The maximum atomic E-state index is 10.6. The van der Waals surface area contributed by atoms with Crippen molar-refractivity contribution in [3.05, 3.63) is 29.8 Å². The van der Waals surface area contributed by atoms with Gasteiger partial charge in [-0.1, -0.05) is 12.1 Å². The number of primary amides is 1. The molecule has 1 aliphatic rings. The first-order chi connectivity index (χ1) is 9.15. The number of amides is 1. The Morgan fingerprint density at radius 3 is 2.79 bits per heavy atom. The summed E-state index contributed by atoms with van der Waals surface area (Å²) in [4.78, 5) is 10.6. The van der Waals surface area contributed by atoms with Crippen LogP contribution in [0.25, 0.3) is 0 Å². The minimum Gasteiger partial charge on any atom is -0.484 e. The Balaban J connectivity index is 1.79. The second-order valence-electron chi connectivity index (χ2n) is 4.75. The third-order valence-electron chi connectivity index (χ3n) is 3.25. The molecule has 104 valence electrons. The third-order valence-corrected chi connectivity index (χ3v) is 3.25. The average Bonchev–Trinajstić information content (AvgIpc) is 2.81. The number of carbonyl (C=O) groups excluding carboxylic acids is 1. The number of hydrogen-bond acceptors (Lipinski definition) is 4. The molecule has 1 amide bonds. The smallest absolute Gasteiger partial charge is 0.255 e. The number of nitrogens with two attached hydrogens (primary N) is 1. The van der Waals surface area contributed by atoms with Gasteiger partial charge in [-0.05, 0) is 31.0 Å². The molecule has 0 spiro atoms. The quantitative estimate of drug-likeness (QED) is 0.797. The number of nitrogens with one attached hydrogen (secondary N) is 1. The van der Waals surface area contributed by atoms with Crippen LogP contribution in [0.4, 0.5) is 0 Å². The summed E-state index contributed by atoms with van der Waals surface area (Å²) < 4.78 is 10.7. The molecule has 0 bridgehead atoms. The monoisotopic (exact) mass is 264 g/mol. The van der Waals surface area contributed by atoms with Gasteiger partial charge >= 0.3 is 0 Å². The molecule has 0 radical (unpaired) electrons. The molecule has 19 heavy (non-hydrogen) atoms. The predicted molar refractivity (Wildman–Crippen MR) is 71.8 cm³/mol. The van der Waals surface area contributed by atoms with Gasteiger partial charge in [-0.15, -0.1) is 0 Å². The van der Waals surface area contributed by atoms with Crippen molar-refractivity contribution in [1.29, 1.82) is 0 Å². The maximum absolute atomic E-state index is 10.6. The van der Waals surface area contributed by atoms with Crippen LogP contribution in [-0.4, -0.2) is 31.3 Å². The van der Waals surface area contributed by atoms with Crippen LogP contribution in [0, 0.1) is 0 Å². The molecule has 1 aromatic rings. The Hall–Kier alpha value is -1.59. The number of benzene rings is 1. The molecule has 1 aromatic carbocycles. The molecule has 5 nitrogen and oxygen atoms in total. The lowest BCUT2D eigenvalue weighted by Crippen LogP contribution is -2.34. The van der Waals surface area contributed by atoms with Gasteiger partial charge in [0.15, 0.2) is 6.61 Å². The van der Waals surface area contributed by atoms with E-state index in [1.807, 2.05) is 24.3 Å². The summed E-state index contributed by atoms with van der Waals surface area (Å²) in [7, 11) is 0. The van der Waals surface area contributed by atoms with Gasteiger partial charge in [0.05, 0.1) is 6.10 Å². The van der Waals surface area contributed by atoms with Crippen molar-refractivity contribution < 1.29 is 14.3 Å². The van der Waals surface area contributed by atoms with E-state index in [9.17, 15) is 4.79 Å². The van der Waals surface area contributed by atoms with Crippen LogP contribution in [0.15, 0.2) is 24.3 Å². The van der Waals surface area contributed by atoms with Gasteiger partial charge in [-0.3, -0.25) is 4.79 Å². The highest BCUT2D eigenvalue weighted by molar-refractivity contribution is 5.75.